The van der Waals surface area contributed by atoms with Gasteiger partial charge in [-0.1, -0.05) is 6.92 Å². The molecule has 0 heterocycles. The van der Waals surface area contributed by atoms with Crippen LogP contribution in [0.25, 0.3) is 0 Å². The minimum atomic E-state index is -5.72. The van der Waals surface area contributed by atoms with E-state index in [4.69, 9.17) is 24.5 Å². The summed E-state index contributed by atoms with van der Waals surface area (Å²) in [6.07, 6.45) is -0.571. The second-order valence-corrected chi connectivity index (χ2v) is 7.71. The molecule has 17 heavy (non-hydrogen) atoms. The minimum absolute atomic E-state index is 0. The SMILES string of the molecule is CC/C(=[P+](\[O-])O)C(O)(P(=O)(O)O)P(=O)(O)O.[Na]. The molecule has 97 valence electrons. The predicted molar refractivity (Wildman–Crippen MR) is 59.2 cm³/mol. The van der Waals surface area contributed by atoms with Crippen LogP contribution in [0.2, 0.25) is 0 Å². The fourth-order valence-corrected chi connectivity index (χ4v) is 5.18. The van der Waals surface area contributed by atoms with E-state index in [9.17, 15) is 19.1 Å². The van der Waals surface area contributed by atoms with Crippen molar-refractivity contribution < 1.29 is 43.6 Å². The molecular weight excluding hydrogens is 308 g/mol. The average molecular weight is 319 g/mol. The third-order valence-corrected chi connectivity index (χ3v) is 6.95. The van der Waals surface area contributed by atoms with Gasteiger partial charge in [0.2, 0.25) is 8.00 Å². The quantitative estimate of drug-likeness (QED) is 0.249. The Bertz CT molecular complexity index is 367. The van der Waals surface area contributed by atoms with Gasteiger partial charge in [-0.15, -0.1) is 0 Å². The van der Waals surface area contributed by atoms with Crippen LogP contribution in [0.15, 0.2) is 0 Å². The van der Waals surface area contributed by atoms with Crippen LogP contribution in [0, 0.1) is 0 Å². The summed E-state index contributed by atoms with van der Waals surface area (Å²) in [4.78, 5) is 54.4. The van der Waals surface area contributed by atoms with E-state index < -0.39 is 40.0 Å². The summed E-state index contributed by atoms with van der Waals surface area (Å²) in [5, 5.41) is 4.30. The molecule has 0 saturated heterocycles. The topological polar surface area (TPSA) is 179 Å². The molecule has 0 amide bonds. The van der Waals surface area contributed by atoms with Gasteiger partial charge >= 0.3 is 20.3 Å². The third-order valence-electron chi connectivity index (χ3n) is 1.77. The van der Waals surface area contributed by atoms with Crippen LogP contribution < -0.4 is 4.89 Å². The van der Waals surface area contributed by atoms with Gasteiger partial charge in [-0.3, -0.25) is 9.13 Å². The first kappa shape index (κ1) is 20.7. The van der Waals surface area contributed by atoms with E-state index in [1.54, 1.807) is 0 Å². The largest absolute Gasteiger partial charge is 0.603 e. The van der Waals surface area contributed by atoms with Crippen molar-refractivity contribution in [3.63, 3.8) is 0 Å². The molecule has 0 aromatic heterocycles. The van der Waals surface area contributed by atoms with E-state index in [-0.39, 0.29) is 29.6 Å². The van der Waals surface area contributed by atoms with E-state index in [0.29, 0.717) is 0 Å². The minimum Gasteiger partial charge on any atom is -0.603 e. The monoisotopic (exact) mass is 319 g/mol. The molecule has 0 bridgehead atoms. The zero-order chi connectivity index (χ0) is 13.4. The van der Waals surface area contributed by atoms with Gasteiger partial charge in [0.1, 0.15) is 0 Å². The van der Waals surface area contributed by atoms with Crippen molar-refractivity contribution >= 4 is 58.0 Å². The Morgan fingerprint density at radius 2 is 1.53 bits per heavy atom. The summed E-state index contributed by atoms with van der Waals surface area (Å²) in [7, 11) is -14.9. The Hall–Kier alpha value is 1.35. The molecule has 13 heteroatoms. The smallest absolute Gasteiger partial charge is 0.378 e. The van der Waals surface area contributed by atoms with Gasteiger partial charge in [0, 0.05) is 36.0 Å². The summed E-state index contributed by atoms with van der Waals surface area (Å²) in [5.74, 6) is 0. The third kappa shape index (κ3) is 4.16. The Balaban J connectivity index is 0. The standard InChI is InChI=1S/C4H11O9P3.Na/c1-2-3(14(6)7)4(5,15(8,9)10)16(11,12)13;/h5H,2H2,1H3,(H,6,7)(H2,8,9,10)(H2,11,12,13);. The predicted octanol–water partition coefficient (Wildman–Crippen LogP) is -2.15. The van der Waals surface area contributed by atoms with Crippen molar-refractivity contribution in [3.8, 4) is 0 Å². The maximum atomic E-state index is 10.9. The van der Waals surface area contributed by atoms with Crippen molar-refractivity contribution in [1.82, 2.24) is 0 Å². The number of rotatable bonds is 4. The van der Waals surface area contributed by atoms with E-state index in [1.807, 2.05) is 0 Å². The zero-order valence-electron chi connectivity index (χ0n) is 8.96. The number of hydrogen-bond donors (Lipinski definition) is 6. The summed E-state index contributed by atoms with van der Waals surface area (Å²) >= 11 is 0. The molecule has 1 unspecified atom stereocenters. The first-order chi connectivity index (χ1) is 6.89. The molecule has 0 aliphatic rings. The average Bonchev–Trinajstić information content (AvgIpc) is 1.99. The van der Waals surface area contributed by atoms with Crippen molar-refractivity contribution in [2.45, 2.75) is 18.4 Å². The van der Waals surface area contributed by atoms with Gasteiger partial charge in [-0.25, -0.2) is 0 Å². The van der Waals surface area contributed by atoms with Crippen LogP contribution in [0.3, 0.4) is 0 Å². The van der Waals surface area contributed by atoms with Crippen molar-refractivity contribution in [3.05, 3.63) is 0 Å². The van der Waals surface area contributed by atoms with Crippen molar-refractivity contribution in [2.24, 2.45) is 0 Å². The van der Waals surface area contributed by atoms with E-state index in [0.717, 1.165) is 6.92 Å². The maximum Gasteiger partial charge on any atom is 0.378 e. The van der Waals surface area contributed by atoms with Gasteiger partial charge in [0.05, 0.1) is 0 Å². The molecule has 6 N–H and O–H groups in total. The Morgan fingerprint density at radius 1 is 1.24 bits per heavy atom. The Labute approximate surface area is 120 Å². The second kappa shape index (κ2) is 6.68. The second-order valence-electron chi connectivity index (χ2n) is 2.80. The van der Waals surface area contributed by atoms with Crippen LogP contribution >= 0.6 is 23.2 Å². The molecule has 0 aromatic carbocycles. The molecule has 0 saturated carbocycles. The molecule has 0 fully saturated rings. The number of hydrogen-bond acceptors (Lipinski definition) is 5. The van der Waals surface area contributed by atoms with E-state index >= 15 is 0 Å². The van der Waals surface area contributed by atoms with Gasteiger partial charge in [-0.05, 0) is 0 Å². The van der Waals surface area contributed by atoms with Crippen LogP contribution in [0.1, 0.15) is 13.3 Å². The molecule has 1 radical (unpaired) electrons. The fourth-order valence-electron chi connectivity index (χ4n) is 1.01. The molecule has 0 spiro atoms. The van der Waals surface area contributed by atoms with Gasteiger partial charge in [-0.2, -0.15) is 4.89 Å². The zero-order valence-corrected chi connectivity index (χ0v) is 13.6. The molecule has 0 aliphatic carbocycles. The van der Waals surface area contributed by atoms with Gasteiger partial charge in [0.25, 0.3) is 0 Å². The van der Waals surface area contributed by atoms with Gasteiger partial charge in [0.15, 0.2) is 5.29 Å². The summed E-state index contributed by atoms with van der Waals surface area (Å²) in [5.41, 5.74) is 0. The van der Waals surface area contributed by atoms with Crippen LogP contribution in [0.4, 0.5) is 0 Å². The molecule has 0 aliphatic heterocycles. The summed E-state index contributed by atoms with van der Waals surface area (Å²) in [6.45, 7) is 1.12. The van der Waals surface area contributed by atoms with Crippen LogP contribution in [-0.4, -0.2) is 69.5 Å². The fraction of sp³-hybridized carbons (Fsp3) is 0.750. The molecule has 1 atom stereocenters. The molecule has 0 aromatic rings. The normalized spacial score (nSPS) is 15.1. The van der Waals surface area contributed by atoms with Crippen LogP contribution in [-0.2, 0) is 9.13 Å². The van der Waals surface area contributed by atoms with Crippen LogP contribution in [0.5, 0.6) is 0 Å². The molecule has 0 rings (SSSR count). The first-order valence-corrected chi connectivity index (χ1v) is 8.19. The van der Waals surface area contributed by atoms with Gasteiger partial charge < -0.3 is 29.6 Å². The van der Waals surface area contributed by atoms with E-state index in [1.165, 1.54) is 0 Å². The van der Waals surface area contributed by atoms with Crippen molar-refractivity contribution in [1.29, 1.82) is 0 Å². The molecular formula is C4H11NaO9P3. The summed E-state index contributed by atoms with van der Waals surface area (Å²) < 4.78 is 21.8. The maximum absolute atomic E-state index is 10.9. The number of aliphatic hydroxyl groups is 1. The Morgan fingerprint density at radius 3 is 1.59 bits per heavy atom. The first-order valence-electron chi connectivity index (χ1n) is 3.75. The van der Waals surface area contributed by atoms with Crippen molar-refractivity contribution in [2.75, 3.05) is 0 Å². The Kier molecular flexibility index (Phi) is 8.12. The van der Waals surface area contributed by atoms with E-state index in [2.05, 4.69) is 0 Å². The molecule has 9 nitrogen and oxygen atoms in total. The summed E-state index contributed by atoms with van der Waals surface area (Å²) in [6, 6.07) is 0.